The highest BCUT2D eigenvalue weighted by molar-refractivity contribution is 6.34. The highest BCUT2D eigenvalue weighted by Crippen LogP contribution is 2.33. The number of para-hydroxylation sites is 1. The second-order valence-electron chi connectivity index (χ2n) is 6.68. The maximum atomic E-state index is 13.5. The van der Waals surface area contributed by atoms with Gasteiger partial charge in [-0.3, -0.25) is 4.79 Å². The van der Waals surface area contributed by atoms with Crippen LogP contribution < -0.4 is 9.91 Å². The largest absolute Gasteiger partial charge is 0.441 e. The fraction of sp³-hybridized carbons (Fsp3) is 0.300. The predicted molar refractivity (Wildman–Crippen MR) is 100 cm³/mol. The van der Waals surface area contributed by atoms with Gasteiger partial charge in [0.2, 0.25) is 0 Å². The van der Waals surface area contributed by atoms with E-state index in [-0.39, 0.29) is 11.4 Å². The minimum atomic E-state index is -4.76. The van der Waals surface area contributed by atoms with Crippen LogP contribution in [-0.4, -0.2) is 30.9 Å². The van der Waals surface area contributed by atoms with Gasteiger partial charge in [-0.05, 0) is 43.5 Å². The molecule has 1 saturated heterocycles. The maximum Gasteiger partial charge on any atom is 0.435 e. The molecule has 1 amide bonds. The summed E-state index contributed by atoms with van der Waals surface area (Å²) in [7, 11) is 0. The Morgan fingerprint density at radius 1 is 1.00 bits per heavy atom. The van der Waals surface area contributed by atoms with E-state index in [4.69, 9.17) is 4.42 Å². The van der Waals surface area contributed by atoms with Crippen molar-refractivity contribution in [2.75, 3.05) is 23.0 Å². The number of benzene rings is 1. The SMILES string of the molecule is O=C1/C(=C\c2ccc(N3CCCCC3)o2)C(C(F)(F)F)=NN1c1ccccc1. The highest BCUT2D eigenvalue weighted by atomic mass is 19.4. The zero-order chi connectivity index (χ0) is 19.7. The number of carbonyl (C=O) groups excluding carboxylic acids is 1. The predicted octanol–water partition coefficient (Wildman–Crippen LogP) is 4.62. The lowest BCUT2D eigenvalue weighted by molar-refractivity contribution is -0.114. The fourth-order valence-corrected chi connectivity index (χ4v) is 3.34. The van der Waals surface area contributed by atoms with Crippen LogP contribution in [0, 0.1) is 0 Å². The molecule has 0 atom stereocenters. The summed E-state index contributed by atoms with van der Waals surface area (Å²) in [6.45, 7) is 1.69. The van der Waals surface area contributed by atoms with Crippen molar-refractivity contribution in [3.63, 3.8) is 0 Å². The fourth-order valence-electron chi connectivity index (χ4n) is 3.34. The first-order chi connectivity index (χ1) is 13.4. The van der Waals surface area contributed by atoms with Crippen molar-refractivity contribution in [1.82, 2.24) is 0 Å². The molecule has 0 aliphatic carbocycles. The van der Waals surface area contributed by atoms with Gasteiger partial charge in [-0.25, -0.2) is 0 Å². The molecular weight excluding hydrogens is 371 g/mol. The van der Waals surface area contributed by atoms with E-state index in [9.17, 15) is 18.0 Å². The van der Waals surface area contributed by atoms with E-state index in [2.05, 4.69) is 10.0 Å². The van der Waals surface area contributed by atoms with Crippen molar-refractivity contribution in [3.05, 3.63) is 53.8 Å². The van der Waals surface area contributed by atoms with E-state index in [1.54, 1.807) is 30.3 Å². The minimum Gasteiger partial charge on any atom is -0.441 e. The Morgan fingerprint density at radius 2 is 1.71 bits per heavy atom. The summed E-state index contributed by atoms with van der Waals surface area (Å²) < 4.78 is 46.1. The lowest BCUT2D eigenvalue weighted by Crippen LogP contribution is -2.28. The van der Waals surface area contributed by atoms with Gasteiger partial charge in [-0.1, -0.05) is 18.2 Å². The second-order valence-corrected chi connectivity index (χ2v) is 6.68. The number of amides is 1. The van der Waals surface area contributed by atoms with Gasteiger partial charge in [-0.15, -0.1) is 0 Å². The first-order valence-corrected chi connectivity index (χ1v) is 9.05. The number of hydrogen-bond donors (Lipinski definition) is 0. The summed E-state index contributed by atoms with van der Waals surface area (Å²) in [5, 5.41) is 4.31. The Kier molecular flexibility index (Phi) is 4.70. The van der Waals surface area contributed by atoms with Crippen molar-refractivity contribution < 1.29 is 22.4 Å². The van der Waals surface area contributed by atoms with Crippen LogP contribution in [0.4, 0.5) is 24.7 Å². The molecule has 1 aromatic heterocycles. The van der Waals surface area contributed by atoms with Crippen LogP contribution in [0.2, 0.25) is 0 Å². The molecule has 0 spiro atoms. The molecule has 0 bridgehead atoms. The van der Waals surface area contributed by atoms with Crippen LogP contribution in [0.15, 0.2) is 57.6 Å². The third-order valence-electron chi connectivity index (χ3n) is 4.71. The Morgan fingerprint density at radius 3 is 2.39 bits per heavy atom. The van der Waals surface area contributed by atoms with Gasteiger partial charge in [-0.2, -0.15) is 23.3 Å². The number of furan rings is 1. The number of alkyl halides is 3. The molecule has 0 unspecified atom stereocenters. The molecule has 1 aromatic carbocycles. The van der Waals surface area contributed by atoms with Crippen molar-refractivity contribution in [2.24, 2.45) is 5.10 Å². The van der Waals surface area contributed by atoms with Gasteiger partial charge >= 0.3 is 6.18 Å². The molecular formula is C20H18F3N3O2. The molecule has 5 nitrogen and oxygen atoms in total. The van der Waals surface area contributed by atoms with Crippen LogP contribution in [-0.2, 0) is 4.79 Å². The van der Waals surface area contributed by atoms with E-state index in [1.165, 1.54) is 12.1 Å². The molecule has 0 radical (unpaired) electrons. The molecule has 2 aliphatic rings. The van der Waals surface area contributed by atoms with Crippen molar-refractivity contribution in [1.29, 1.82) is 0 Å². The van der Waals surface area contributed by atoms with E-state index >= 15 is 0 Å². The number of halogens is 3. The Bertz CT molecular complexity index is 926. The van der Waals surface area contributed by atoms with Crippen molar-refractivity contribution >= 4 is 29.3 Å². The zero-order valence-electron chi connectivity index (χ0n) is 14.9. The van der Waals surface area contributed by atoms with Crippen molar-refractivity contribution in [3.8, 4) is 0 Å². The third kappa shape index (κ3) is 3.54. The molecule has 8 heteroatoms. The Labute approximate surface area is 159 Å². The lowest BCUT2D eigenvalue weighted by atomic mass is 10.1. The smallest absolute Gasteiger partial charge is 0.435 e. The molecule has 146 valence electrons. The zero-order valence-corrected chi connectivity index (χ0v) is 14.9. The standard InChI is InChI=1S/C20H18F3N3O2/c21-20(22,23)18-16(19(27)26(24-18)14-7-3-1-4-8-14)13-15-9-10-17(28-15)25-11-5-2-6-12-25/h1,3-4,7-10,13H,2,5-6,11-12H2/b16-13-. The van der Waals surface area contributed by atoms with Gasteiger partial charge in [0.15, 0.2) is 11.6 Å². The maximum absolute atomic E-state index is 13.5. The van der Waals surface area contributed by atoms with E-state index in [1.807, 2.05) is 0 Å². The van der Waals surface area contributed by atoms with E-state index in [0.29, 0.717) is 5.88 Å². The molecule has 3 heterocycles. The van der Waals surface area contributed by atoms with Gasteiger partial charge in [0, 0.05) is 19.2 Å². The summed E-state index contributed by atoms with van der Waals surface area (Å²) in [6.07, 6.45) is -0.388. The number of hydrogen-bond acceptors (Lipinski definition) is 4. The topological polar surface area (TPSA) is 49.1 Å². The number of anilines is 2. The summed E-state index contributed by atoms with van der Waals surface area (Å²) in [5.41, 5.74) is -1.49. The summed E-state index contributed by atoms with van der Waals surface area (Å²) in [5.74, 6) is -0.0485. The molecule has 0 N–H and O–H groups in total. The number of carbonyl (C=O) groups is 1. The first kappa shape index (κ1) is 18.3. The molecule has 0 saturated carbocycles. The summed E-state index contributed by atoms with van der Waals surface area (Å²) in [4.78, 5) is 14.7. The van der Waals surface area contributed by atoms with Crippen LogP contribution >= 0.6 is 0 Å². The molecule has 28 heavy (non-hydrogen) atoms. The quantitative estimate of drug-likeness (QED) is 0.720. The average Bonchev–Trinajstić information content (AvgIpc) is 3.29. The van der Waals surface area contributed by atoms with E-state index < -0.39 is 23.4 Å². The molecule has 1 fully saturated rings. The third-order valence-corrected chi connectivity index (χ3v) is 4.71. The molecule has 2 aliphatic heterocycles. The number of piperidine rings is 1. The molecule has 2 aromatic rings. The number of hydrazone groups is 1. The highest BCUT2D eigenvalue weighted by Gasteiger charge is 2.47. The van der Waals surface area contributed by atoms with Crippen LogP contribution in [0.5, 0.6) is 0 Å². The lowest BCUT2D eigenvalue weighted by Gasteiger charge is -2.25. The van der Waals surface area contributed by atoms with Crippen LogP contribution in [0.25, 0.3) is 6.08 Å². The number of nitrogens with zero attached hydrogens (tertiary/aromatic N) is 3. The van der Waals surface area contributed by atoms with Gasteiger partial charge < -0.3 is 9.32 Å². The van der Waals surface area contributed by atoms with Crippen LogP contribution in [0.1, 0.15) is 25.0 Å². The van der Waals surface area contributed by atoms with Crippen molar-refractivity contribution in [2.45, 2.75) is 25.4 Å². The minimum absolute atomic E-state index is 0.191. The molecule has 4 rings (SSSR count). The monoisotopic (exact) mass is 389 g/mol. The first-order valence-electron chi connectivity index (χ1n) is 9.05. The van der Waals surface area contributed by atoms with Gasteiger partial charge in [0.05, 0.1) is 11.3 Å². The Hall–Kier alpha value is -3.03. The summed E-state index contributed by atoms with van der Waals surface area (Å²) in [6, 6.07) is 11.3. The normalized spacial score (nSPS) is 19.5. The second kappa shape index (κ2) is 7.18. The average molecular weight is 389 g/mol. The van der Waals surface area contributed by atoms with E-state index in [0.717, 1.165) is 43.4 Å². The Balaban J connectivity index is 1.66. The van der Waals surface area contributed by atoms with Gasteiger partial charge in [0.1, 0.15) is 5.76 Å². The summed E-state index contributed by atoms with van der Waals surface area (Å²) >= 11 is 0. The van der Waals surface area contributed by atoms with Gasteiger partial charge in [0.25, 0.3) is 5.91 Å². The number of rotatable bonds is 3. The van der Waals surface area contributed by atoms with Crippen LogP contribution in [0.3, 0.4) is 0 Å².